The van der Waals surface area contributed by atoms with E-state index in [1.54, 1.807) is 30.3 Å². The van der Waals surface area contributed by atoms with Crippen LogP contribution in [-0.4, -0.2) is 15.2 Å². The second-order valence-electron chi connectivity index (χ2n) is 10.7. The van der Waals surface area contributed by atoms with Crippen molar-refractivity contribution < 1.29 is 17.9 Å². The van der Waals surface area contributed by atoms with Gasteiger partial charge in [-0.25, -0.2) is 0 Å². The zero-order valence-corrected chi connectivity index (χ0v) is 21.6. The molecule has 1 heterocycles. The van der Waals surface area contributed by atoms with E-state index in [4.69, 9.17) is 0 Å². The van der Waals surface area contributed by atoms with Crippen molar-refractivity contribution in [2.45, 2.75) is 95.1 Å². The number of ether oxygens (including phenoxy) is 1. The third kappa shape index (κ3) is 7.37. The normalized spacial score (nSPS) is 25.8. The first kappa shape index (κ1) is 25.3. The topological polar surface area (TPSA) is 9.23 Å². The van der Waals surface area contributed by atoms with Gasteiger partial charge in [-0.15, -0.1) is 13.2 Å². The molecule has 1 nitrogen and oxygen atoms in total. The van der Waals surface area contributed by atoms with Gasteiger partial charge >= 0.3 is 6.36 Å². The molecule has 0 atom stereocenters. The van der Waals surface area contributed by atoms with E-state index >= 15 is 0 Å². The Labute approximate surface area is 204 Å². The first-order valence-corrected chi connectivity index (χ1v) is 15.8. The summed E-state index contributed by atoms with van der Waals surface area (Å²) in [6, 6.07) is 19.5. The van der Waals surface area contributed by atoms with Crippen molar-refractivity contribution >= 4 is 8.80 Å². The first-order valence-electron chi connectivity index (χ1n) is 13.4. The quantitative estimate of drug-likeness (QED) is 0.336. The molecular weight excluding hydrogens is 449 g/mol. The van der Waals surface area contributed by atoms with Gasteiger partial charge in [-0.1, -0.05) is 93.6 Å². The molecule has 2 aromatic rings. The van der Waals surface area contributed by atoms with Crippen molar-refractivity contribution in [1.29, 1.82) is 0 Å². The van der Waals surface area contributed by atoms with E-state index in [1.807, 2.05) is 0 Å². The summed E-state index contributed by atoms with van der Waals surface area (Å²) in [6.45, 7) is 2.35. The van der Waals surface area contributed by atoms with Crippen molar-refractivity contribution in [3.8, 4) is 16.9 Å². The average Bonchev–Trinajstić information content (AvgIpc) is 2.84. The van der Waals surface area contributed by atoms with Crippen LogP contribution in [0.3, 0.4) is 0 Å². The highest BCUT2D eigenvalue weighted by atomic mass is 28.3. The van der Waals surface area contributed by atoms with Crippen molar-refractivity contribution in [1.82, 2.24) is 0 Å². The van der Waals surface area contributed by atoms with E-state index in [0.29, 0.717) is 5.92 Å². The smallest absolute Gasteiger partial charge is 0.406 e. The van der Waals surface area contributed by atoms with Crippen molar-refractivity contribution in [2.75, 3.05) is 0 Å². The lowest BCUT2D eigenvalue weighted by Crippen LogP contribution is -2.22. The molecule has 34 heavy (non-hydrogen) atoms. The van der Waals surface area contributed by atoms with Crippen molar-refractivity contribution in [3.05, 3.63) is 54.1 Å². The minimum absolute atomic E-state index is 0.185. The van der Waals surface area contributed by atoms with E-state index in [-0.39, 0.29) is 14.5 Å². The van der Waals surface area contributed by atoms with Crippen LogP contribution in [0.4, 0.5) is 13.2 Å². The molecule has 1 aliphatic carbocycles. The summed E-state index contributed by atoms with van der Waals surface area (Å²) in [4.78, 5) is 0. The summed E-state index contributed by atoms with van der Waals surface area (Å²) in [5.74, 6) is 2.39. The molecule has 2 aromatic carbocycles. The molecule has 0 unspecified atom stereocenters. The highest BCUT2D eigenvalue weighted by Crippen LogP contribution is 2.40. The fourth-order valence-corrected chi connectivity index (χ4v) is 9.84. The predicted octanol–water partition coefficient (Wildman–Crippen LogP) is 9.35. The predicted molar refractivity (Wildman–Crippen MR) is 137 cm³/mol. The van der Waals surface area contributed by atoms with Crippen LogP contribution in [0.2, 0.25) is 18.1 Å². The van der Waals surface area contributed by atoms with Crippen LogP contribution in [0.25, 0.3) is 11.1 Å². The van der Waals surface area contributed by atoms with E-state index in [0.717, 1.165) is 23.0 Å². The molecule has 1 saturated carbocycles. The van der Waals surface area contributed by atoms with Gasteiger partial charge in [0.25, 0.3) is 0 Å². The summed E-state index contributed by atoms with van der Waals surface area (Å²) in [6.07, 6.45) is 7.97. The Bertz CT molecular complexity index is 862. The second kappa shape index (κ2) is 11.8. The van der Waals surface area contributed by atoms with Crippen LogP contribution in [0, 0.1) is 11.8 Å². The molecule has 186 valence electrons. The monoisotopic (exact) mass is 488 g/mol. The van der Waals surface area contributed by atoms with Gasteiger partial charge < -0.3 is 4.74 Å². The lowest BCUT2D eigenvalue weighted by molar-refractivity contribution is -0.274. The molecule has 5 heteroatoms. The molecule has 2 aliphatic rings. The SMILES string of the molecule is CCC[SiH]1CCC(CCC2CCC(c3ccc(-c4ccc(OC(F)(F)F)cc4)cc3)CC2)CC1. The summed E-state index contributed by atoms with van der Waals surface area (Å²) in [5.41, 5.74) is 3.32. The molecule has 2 fully saturated rings. The van der Waals surface area contributed by atoms with E-state index < -0.39 is 6.36 Å². The standard InChI is InChI=1S/C29H39F3OSi/c1-2-19-34-20-17-23(18-21-34)4-3-22-5-7-24(8-6-22)25-9-11-26(12-10-25)27-13-15-28(16-14-27)33-29(30,31)32/h9-16,22-24,34H,2-8,17-21H2,1H3. The van der Waals surface area contributed by atoms with Crippen LogP contribution in [0.5, 0.6) is 5.75 Å². The van der Waals surface area contributed by atoms with Crippen LogP contribution >= 0.6 is 0 Å². The maximum absolute atomic E-state index is 12.4. The summed E-state index contributed by atoms with van der Waals surface area (Å²) in [7, 11) is -0.348. The van der Waals surface area contributed by atoms with Gasteiger partial charge in [0.15, 0.2) is 0 Å². The van der Waals surface area contributed by atoms with E-state index in [9.17, 15) is 13.2 Å². The Morgan fingerprint density at radius 1 is 0.765 bits per heavy atom. The highest BCUT2D eigenvalue weighted by Gasteiger charge is 2.31. The Balaban J connectivity index is 1.21. The molecule has 0 aromatic heterocycles. The molecule has 0 spiro atoms. The van der Waals surface area contributed by atoms with Gasteiger partial charge in [-0.05, 0) is 72.3 Å². The van der Waals surface area contributed by atoms with Crippen molar-refractivity contribution in [3.63, 3.8) is 0 Å². The lowest BCUT2D eigenvalue weighted by atomic mass is 9.76. The van der Waals surface area contributed by atoms with Gasteiger partial charge in [0, 0.05) is 8.80 Å². The van der Waals surface area contributed by atoms with Gasteiger partial charge in [0.1, 0.15) is 5.75 Å². The Morgan fingerprint density at radius 3 is 1.82 bits per heavy atom. The van der Waals surface area contributed by atoms with Crippen LogP contribution in [0.1, 0.15) is 76.2 Å². The van der Waals surface area contributed by atoms with Crippen LogP contribution < -0.4 is 4.74 Å². The van der Waals surface area contributed by atoms with Gasteiger partial charge in [-0.2, -0.15) is 0 Å². The number of halogens is 3. The minimum atomic E-state index is -4.66. The van der Waals surface area contributed by atoms with Crippen LogP contribution in [-0.2, 0) is 0 Å². The molecule has 0 N–H and O–H groups in total. The summed E-state index contributed by atoms with van der Waals surface area (Å²) in [5, 5.41) is 0. The number of benzene rings is 2. The molecule has 4 rings (SSSR count). The van der Waals surface area contributed by atoms with E-state index in [1.165, 1.54) is 75.5 Å². The number of rotatable bonds is 8. The Kier molecular flexibility index (Phi) is 8.79. The maximum Gasteiger partial charge on any atom is 0.573 e. The fourth-order valence-electron chi connectivity index (χ4n) is 6.27. The molecule has 1 aliphatic heterocycles. The molecule has 0 bridgehead atoms. The molecular formula is C29H39F3OSi. The number of hydrogen-bond acceptors (Lipinski definition) is 1. The molecule has 0 amide bonds. The van der Waals surface area contributed by atoms with Gasteiger partial charge in [0.2, 0.25) is 0 Å². The second-order valence-corrected chi connectivity index (χ2v) is 14.1. The third-order valence-corrected chi connectivity index (χ3v) is 12.0. The summed E-state index contributed by atoms with van der Waals surface area (Å²) < 4.78 is 41.0. The first-order chi connectivity index (χ1) is 16.4. The number of hydrogen-bond donors (Lipinski definition) is 0. The zero-order valence-electron chi connectivity index (χ0n) is 20.5. The molecule has 0 radical (unpaired) electrons. The summed E-state index contributed by atoms with van der Waals surface area (Å²) >= 11 is 0. The highest BCUT2D eigenvalue weighted by molar-refractivity contribution is 6.58. The molecule has 1 saturated heterocycles. The lowest BCUT2D eigenvalue weighted by Gasteiger charge is -2.32. The third-order valence-electron chi connectivity index (χ3n) is 8.30. The Morgan fingerprint density at radius 2 is 1.29 bits per heavy atom. The van der Waals surface area contributed by atoms with Gasteiger partial charge in [-0.3, -0.25) is 0 Å². The van der Waals surface area contributed by atoms with E-state index in [2.05, 4.69) is 35.9 Å². The zero-order chi connectivity index (χ0) is 24.0. The maximum atomic E-state index is 12.4. The van der Waals surface area contributed by atoms with Crippen LogP contribution in [0.15, 0.2) is 48.5 Å². The minimum Gasteiger partial charge on any atom is -0.406 e. The fraction of sp³-hybridized carbons (Fsp3) is 0.586. The average molecular weight is 489 g/mol. The largest absolute Gasteiger partial charge is 0.573 e. The van der Waals surface area contributed by atoms with Crippen molar-refractivity contribution in [2.24, 2.45) is 11.8 Å². The van der Waals surface area contributed by atoms with Gasteiger partial charge in [0.05, 0.1) is 0 Å². The number of alkyl halides is 3. The Hall–Kier alpha value is -1.75.